The first-order valence-electron chi connectivity index (χ1n) is 7.11. The summed E-state index contributed by atoms with van der Waals surface area (Å²) in [6.07, 6.45) is -0.647. The van der Waals surface area contributed by atoms with Crippen LogP contribution >= 0.6 is 0 Å². The van der Waals surface area contributed by atoms with Gasteiger partial charge in [0.05, 0.1) is 36.7 Å². The summed E-state index contributed by atoms with van der Waals surface area (Å²) in [5, 5.41) is 20.5. The van der Waals surface area contributed by atoms with Crippen molar-refractivity contribution in [1.82, 2.24) is 15.5 Å². The van der Waals surface area contributed by atoms with Gasteiger partial charge in [0.15, 0.2) is 0 Å². The average Bonchev–Trinajstić information content (AvgIpc) is 2.93. The third-order valence-electron chi connectivity index (χ3n) is 3.61. The molecule has 1 saturated heterocycles. The molecule has 0 aliphatic carbocycles. The smallest absolute Gasteiger partial charge is 0.251 e. The topological polar surface area (TPSA) is 84.3 Å². The highest BCUT2D eigenvalue weighted by Crippen LogP contribution is 2.17. The molecule has 1 aromatic heterocycles. The number of aryl methyl sites for hydroxylation is 1. The van der Waals surface area contributed by atoms with E-state index >= 15 is 0 Å². The minimum Gasteiger partial charge on any atom is -0.388 e. The van der Waals surface area contributed by atoms with Crippen molar-refractivity contribution < 1.29 is 14.6 Å². The van der Waals surface area contributed by atoms with E-state index in [0.717, 1.165) is 17.0 Å². The molecule has 0 radical (unpaired) electrons. The largest absolute Gasteiger partial charge is 0.388 e. The lowest BCUT2D eigenvalue weighted by Crippen LogP contribution is -2.42. The fourth-order valence-electron chi connectivity index (χ4n) is 2.28. The Kier molecular flexibility index (Phi) is 4.13. The molecule has 2 atom stereocenters. The Morgan fingerprint density at radius 3 is 2.55 bits per heavy atom. The first-order valence-corrected chi connectivity index (χ1v) is 7.11. The second-order valence-electron chi connectivity index (χ2n) is 5.32. The minimum absolute atomic E-state index is 0.226. The van der Waals surface area contributed by atoms with E-state index in [1.165, 1.54) is 0 Å². The number of aliphatic hydroxyl groups excluding tert-OH is 1. The third-order valence-corrected chi connectivity index (χ3v) is 3.61. The molecule has 1 fully saturated rings. The van der Waals surface area contributed by atoms with Crippen molar-refractivity contribution in [2.75, 3.05) is 13.2 Å². The Hall–Kier alpha value is -2.31. The number of aromatic nitrogens is 2. The predicted octanol–water partition coefficient (Wildman–Crippen LogP) is 0.942. The number of amides is 1. The number of nitrogens with one attached hydrogen (secondary N) is 1. The van der Waals surface area contributed by atoms with Gasteiger partial charge in [-0.15, -0.1) is 0 Å². The lowest BCUT2D eigenvalue weighted by Gasteiger charge is -2.14. The number of aliphatic hydroxyl groups is 1. The van der Waals surface area contributed by atoms with Gasteiger partial charge in [0.2, 0.25) is 0 Å². The lowest BCUT2D eigenvalue weighted by atomic mass is 10.1. The Labute approximate surface area is 128 Å². The quantitative estimate of drug-likeness (QED) is 0.881. The summed E-state index contributed by atoms with van der Waals surface area (Å²) in [6, 6.07) is 10.6. The number of carbonyl (C=O) groups excluding carboxylic acids is 1. The van der Waals surface area contributed by atoms with Gasteiger partial charge < -0.3 is 15.2 Å². The molecule has 3 rings (SSSR count). The number of nitrogens with zero attached hydrogens (tertiary/aromatic N) is 2. The van der Waals surface area contributed by atoms with Gasteiger partial charge in [0.1, 0.15) is 0 Å². The molecule has 2 heterocycles. The maximum Gasteiger partial charge on any atom is 0.251 e. The van der Waals surface area contributed by atoms with Gasteiger partial charge in [0.25, 0.3) is 5.91 Å². The van der Waals surface area contributed by atoms with Gasteiger partial charge in [-0.05, 0) is 31.2 Å². The van der Waals surface area contributed by atoms with Gasteiger partial charge >= 0.3 is 0 Å². The second kappa shape index (κ2) is 6.21. The summed E-state index contributed by atoms with van der Waals surface area (Å²) < 4.78 is 5.11. The van der Waals surface area contributed by atoms with Crippen LogP contribution in [0.3, 0.4) is 0 Å². The molecule has 1 aromatic carbocycles. The molecule has 1 aliphatic rings. The van der Waals surface area contributed by atoms with Crippen molar-refractivity contribution in [1.29, 1.82) is 0 Å². The molecule has 114 valence electrons. The van der Waals surface area contributed by atoms with Crippen LogP contribution in [0.5, 0.6) is 0 Å². The molecule has 22 heavy (non-hydrogen) atoms. The van der Waals surface area contributed by atoms with Crippen LogP contribution in [0.25, 0.3) is 11.3 Å². The maximum atomic E-state index is 12.1. The standard InChI is InChI=1S/C16H17N3O3/c1-10-2-7-13(19-18-10)11-3-5-12(6-4-11)16(21)17-14-8-22-9-15(14)20/h2-7,14-15,20H,8-9H2,1H3,(H,17,21)/t14-,15-/m0/s1. The summed E-state index contributed by atoms with van der Waals surface area (Å²) in [5.41, 5.74) is 3.05. The van der Waals surface area contributed by atoms with Crippen LogP contribution < -0.4 is 5.32 Å². The van der Waals surface area contributed by atoms with Gasteiger partial charge in [0, 0.05) is 11.1 Å². The summed E-state index contributed by atoms with van der Waals surface area (Å²) in [6.45, 7) is 2.48. The Balaban J connectivity index is 1.70. The van der Waals surface area contributed by atoms with Crippen molar-refractivity contribution in [2.24, 2.45) is 0 Å². The summed E-state index contributed by atoms with van der Waals surface area (Å²) in [5.74, 6) is -0.226. The Bertz CT molecular complexity index is 655. The van der Waals surface area contributed by atoms with E-state index in [9.17, 15) is 9.90 Å². The van der Waals surface area contributed by atoms with Crippen LogP contribution in [0.2, 0.25) is 0 Å². The highest BCUT2D eigenvalue weighted by Gasteiger charge is 2.27. The van der Waals surface area contributed by atoms with Crippen LogP contribution in [0.1, 0.15) is 16.1 Å². The molecule has 1 aliphatic heterocycles. The molecule has 2 aromatic rings. The number of hydrogen-bond acceptors (Lipinski definition) is 5. The van der Waals surface area contributed by atoms with E-state index in [-0.39, 0.29) is 18.6 Å². The van der Waals surface area contributed by atoms with E-state index in [0.29, 0.717) is 12.2 Å². The monoisotopic (exact) mass is 299 g/mol. The summed E-state index contributed by atoms with van der Waals surface area (Å²) in [4.78, 5) is 12.1. The van der Waals surface area contributed by atoms with Crippen molar-refractivity contribution >= 4 is 5.91 Å². The molecular weight excluding hydrogens is 282 g/mol. The fraction of sp³-hybridized carbons (Fsp3) is 0.312. The minimum atomic E-state index is -0.647. The molecular formula is C16H17N3O3. The van der Waals surface area contributed by atoms with E-state index in [1.54, 1.807) is 12.1 Å². The first-order chi connectivity index (χ1) is 10.6. The molecule has 1 amide bonds. The van der Waals surface area contributed by atoms with Crippen LogP contribution in [0, 0.1) is 6.92 Å². The normalized spacial score (nSPS) is 20.8. The Morgan fingerprint density at radius 2 is 1.95 bits per heavy atom. The van der Waals surface area contributed by atoms with Crippen LogP contribution in [-0.4, -0.2) is 46.6 Å². The van der Waals surface area contributed by atoms with Crippen molar-refractivity contribution in [2.45, 2.75) is 19.1 Å². The number of benzene rings is 1. The van der Waals surface area contributed by atoms with Gasteiger partial charge in [-0.2, -0.15) is 10.2 Å². The highest BCUT2D eigenvalue weighted by molar-refractivity contribution is 5.94. The molecule has 2 N–H and O–H groups in total. The number of rotatable bonds is 3. The zero-order valence-corrected chi connectivity index (χ0v) is 12.2. The third kappa shape index (κ3) is 3.13. The molecule has 0 unspecified atom stereocenters. The predicted molar refractivity (Wildman–Crippen MR) is 80.3 cm³/mol. The highest BCUT2D eigenvalue weighted by atomic mass is 16.5. The first kappa shape index (κ1) is 14.6. The van der Waals surface area contributed by atoms with E-state index < -0.39 is 6.10 Å². The SMILES string of the molecule is Cc1ccc(-c2ccc(C(=O)N[C@H]3COC[C@@H]3O)cc2)nn1. The van der Waals surface area contributed by atoms with E-state index in [1.807, 2.05) is 31.2 Å². The molecule has 0 saturated carbocycles. The van der Waals surface area contributed by atoms with Gasteiger partial charge in [-0.1, -0.05) is 12.1 Å². The fourth-order valence-corrected chi connectivity index (χ4v) is 2.28. The lowest BCUT2D eigenvalue weighted by molar-refractivity contribution is 0.0886. The number of hydrogen-bond donors (Lipinski definition) is 2. The van der Waals surface area contributed by atoms with Crippen LogP contribution in [0.4, 0.5) is 0 Å². The molecule has 6 nitrogen and oxygen atoms in total. The average molecular weight is 299 g/mol. The summed E-state index contributed by atoms with van der Waals surface area (Å²) >= 11 is 0. The molecule has 0 spiro atoms. The molecule has 6 heteroatoms. The Morgan fingerprint density at radius 1 is 1.18 bits per heavy atom. The van der Waals surface area contributed by atoms with Crippen molar-refractivity contribution in [3.8, 4) is 11.3 Å². The number of ether oxygens (including phenoxy) is 1. The zero-order chi connectivity index (χ0) is 15.5. The van der Waals surface area contributed by atoms with Crippen molar-refractivity contribution in [3.05, 3.63) is 47.7 Å². The second-order valence-corrected chi connectivity index (χ2v) is 5.32. The van der Waals surface area contributed by atoms with Gasteiger partial charge in [-0.3, -0.25) is 4.79 Å². The van der Waals surface area contributed by atoms with Crippen LogP contribution in [-0.2, 0) is 4.74 Å². The van der Waals surface area contributed by atoms with Crippen LogP contribution in [0.15, 0.2) is 36.4 Å². The maximum absolute atomic E-state index is 12.1. The number of carbonyl (C=O) groups is 1. The van der Waals surface area contributed by atoms with Gasteiger partial charge in [-0.25, -0.2) is 0 Å². The van der Waals surface area contributed by atoms with E-state index in [2.05, 4.69) is 15.5 Å². The van der Waals surface area contributed by atoms with E-state index in [4.69, 9.17) is 4.74 Å². The zero-order valence-electron chi connectivity index (χ0n) is 12.2. The van der Waals surface area contributed by atoms with Crippen molar-refractivity contribution in [3.63, 3.8) is 0 Å². The summed E-state index contributed by atoms with van der Waals surface area (Å²) in [7, 11) is 0. The molecule has 0 bridgehead atoms.